The highest BCUT2D eigenvalue weighted by molar-refractivity contribution is 6.35. The van der Waals surface area contributed by atoms with Crippen LogP contribution >= 0.6 is 0 Å². The molecule has 0 spiro atoms. The highest BCUT2D eigenvalue weighted by atomic mass is 28.2. The molecular formula is CH4N2Si. The number of hydrazine groups is 1. The van der Waals surface area contributed by atoms with Crippen molar-refractivity contribution in [3.05, 3.63) is 0 Å². The number of hydrogen-bond acceptors (Lipinski definition) is 2. The molecule has 2 radical (unpaired) electrons. The Morgan fingerprint density at radius 1 is 1.75 bits per heavy atom. The maximum Gasteiger partial charge on any atom is 0.174 e. The van der Waals surface area contributed by atoms with Gasteiger partial charge >= 0.3 is 0 Å². The molecule has 2 N–H and O–H groups in total. The van der Waals surface area contributed by atoms with E-state index in [1.54, 1.807) is 0 Å². The average molecular weight is 72.1 g/mol. The van der Waals surface area contributed by atoms with Crippen LogP contribution in [0.15, 0.2) is 0 Å². The van der Waals surface area contributed by atoms with Crippen molar-refractivity contribution in [2.24, 2.45) is 0 Å². The molecule has 1 fully saturated rings. The fourth-order valence-corrected chi connectivity index (χ4v) is 0.265. The van der Waals surface area contributed by atoms with Crippen molar-refractivity contribution in [3.63, 3.8) is 0 Å². The van der Waals surface area contributed by atoms with Crippen LogP contribution in [0, 0.1) is 0 Å². The molecule has 0 atom stereocenters. The second kappa shape index (κ2) is 0.837. The third-order valence-electron chi connectivity index (χ3n) is 0.354. The van der Waals surface area contributed by atoms with Crippen LogP contribution in [0.5, 0.6) is 0 Å². The van der Waals surface area contributed by atoms with Crippen LogP contribution in [-0.2, 0) is 0 Å². The molecule has 3 heteroatoms. The van der Waals surface area contributed by atoms with E-state index in [1.165, 1.54) is 6.17 Å². The van der Waals surface area contributed by atoms with Crippen molar-refractivity contribution in [2.45, 2.75) is 0 Å². The molecule has 2 nitrogen and oxygen atoms in total. The Kier molecular flexibility index (Phi) is 0.498. The molecule has 0 unspecified atom stereocenters. The van der Waals surface area contributed by atoms with E-state index in [2.05, 4.69) is 10.5 Å². The van der Waals surface area contributed by atoms with E-state index in [4.69, 9.17) is 0 Å². The first kappa shape index (κ1) is 2.38. The molecule has 22 valence electrons. The van der Waals surface area contributed by atoms with Crippen LogP contribution in [0.4, 0.5) is 0 Å². The lowest BCUT2D eigenvalue weighted by molar-refractivity contribution is 0.682. The van der Waals surface area contributed by atoms with Crippen molar-refractivity contribution >= 4 is 9.68 Å². The van der Waals surface area contributed by atoms with Gasteiger partial charge in [-0.25, -0.2) is 0 Å². The maximum atomic E-state index is 2.89. The quantitative estimate of drug-likeness (QED) is 0.346. The number of hydrogen-bond donors (Lipinski definition) is 2. The van der Waals surface area contributed by atoms with Crippen LogP contribution in [0.25, 0.3) is 0 Å². The Labute approximate surface area is 27.5 Å². The molecule has 0 aromatic heterocycles. The molecule has 0 aliphatic carbocycles. The van der Waals surface area contributed by atoms with E-state index >= 15 is 0 Å². The topological polar surface area (TPSA) is 24.1 Å². The highest BCUT2D eigenvalue weighted by Crippen LogP contribution is 1.52. The van der Waals surface area contributed by atoms with Crippen molar-refractivity contribution in [1.29, 1.82) is 0 Å². The van der Waals surface area contributed by atoms with Crippen LogP contribution in [0.3, 0.4) is 0 Å². The summed E-state index contributed by atoms with van der Waals surface area (Å²) in [5.74, 6) is 0. The summed E-state index contributed by atoms with van der Waals surface area (Å²) in [5.41, 5.74) is 2.87. The Balaban J connectivity index is 2.00. The largest absolute Gasteiger partial charge is 0.280 e. The molecule has 1 rings (SSSR count). The molecular weight excluding hydrogens is 68.1 g/mol. The van der Waals surface area contributed by atoms with Crippen molar-refractivity contribution < 1.29 is 0 Å². The SMILES string of the molecule is C1NN[Si]1. The number of nitrogens with one attached hydrogen (secondary N) is 2. The molecule has 1 aliphatic rings. The zero-order valence-electron chi connectivity index (χ0n) is 2.21. The van der Waals surface area contributed by atoms with Gasteiger partial charge in [0.05, 0.1) is 0 Å². The van der Waals surface area contributed by atoms with E-state index in [1.807, 2.05) is 0 Å². The summed E-state index contributed by atoms with van der Waals surface area (Å²) in [6.45, 7) is 0. The zero-order valence-corrected chi connectivity index (χ0v) is 3.21. The second-order valence-electron chi connectivity index (χ2n) is 0.655. The minimum atomic E-state index is 0.960. The van der Waals surface area contributed by atoms with Gasteiger partial charge in [0.25, 0.3) is 0 Å². The van der Waals surface area contributed by atoms with Gasteiger partial charge in [-0.3, -0.25) is 10.5 Å². The summed E-state index contributed by atoms with van der Waals surface area (Å²) in [5, 5.41) is 2.89. The Hall–Kier alpha value is 0.137. The second-order valence-corrected chi connectivity index (χ2v) is 1.61. The molecule has 0 aromatic carbocycles. The molecule has 0 aromatic rings. The first-order valence-corrected chi connectivity index (χ1v) is 2.41. The summed E-state index contributed by atoms with van der Waals surface area (Å²) in [6, 6.07) is 0. The van der Waals surface area contributed by atoms with Gasteiger partial charge in [-0.05, 0) is 0 Å². The van der Waals surface area contributed by atoms with E-state index in [0.717, 1.165) is 9.68 Å². The van der Waals surface area contributed by atoms with Crippen LogP contribution in [0.2, 0.25) is 0 Å². The van der Waals surface area contributed by atoms with Gasteiger partial charge in [0, 0.05) is 6.17 Å². The molecule has 4 heavy (non-hydrogen) atoms. The first-order valence-electron chi connectivity index (χ1n) is 1.21. The Morgan fingerprint density at radius 3 is 2.00 bits per heavy atom. The van der Waals surface area contributed by atoms with Gasteiger partial charge < -0.3 is 0 Å². The molecule has 0 saturated carbocycles. The van der Waals surface area contributed by atoms with Gasteiger partial charge in [-0.15, -0.1) is 0 Å². The first-order chi connectivity index (χ1) is 2.00. The highest BCUT2D eigenvalue weighted by Gasteiger charge is 1.93. The summed E-state index contributed by atoms with van der Waals surface area (Å²) in [6.07, 6.45) is 1.17. The molecule has 0 bridgehead atoms. The predicted molar refractivity (Wildman–Crippen MR) is 16.9 cm³/mol. The van der Waals surface area contributed by atoms with Crippen molar-refractivity contribution in [2.75, 3.05) is 6.17 Å². The molecule has 0 amide bonds. The lowest BCUT2D eigenvalue weighted by Gasteiger charge is -2.11. The van der Waals surface area contributed by atoms with Crippen molar-refractivity contribution in [3.8, 4) is 0 Å². The van der Waals surface area contributed by atoms with Gasteiger partial charge in [-0.2, -0.15) is 0 Å². The van der Waals surface area contributed by atoms with E-state index in [-0.39, 0.29) is 0 Å². The summed E-state index contributed by atoms with van der Waals surface area (Å²) in [4.78, 5) is 0. The Bertz CT molecular complexity index is 14.0. The summed E-state index contributed by atoms with van der Waals surface area (Å²) in [7, 11) is 0.960. The van der Waals surface area contributed by atoms with Crippen LogP contribution in [-0.4, -0.2) is 15.8 Å². The van der Waals surface area contributed by atoms with Gasteiger partial charge in [0.1, 0.15) is 0 Å². The minimum absolute atomic E-state index is 0.960. The summed E-state index contributed by atoms with van der Waals surface area (Å²) < 4.78 is 0. The fraction of sp³-hybridized carbons (Fsp3) is 1.00. The standard InChI is InChI=1S/CH4N2Si/c1-2-3-4-1/h2-3H,1H2. The normalized spacial score (nSPS) is 24.0. The van der Waals surface area contributed by atoms with Gasteiger partial charge in [0.15, 0.2) is 9.68 Å². The third-order valence-corrected chi connectivity index (χ3v) is 1.06. The van der Waals surface area contributed by atoms with Crippen molar-refractivity contribution in [1.82, 2.24) is 10.5 Å². The monoisotopic (exact) mass is 72.0 g/mol. The predicted octanol–water partition coefficient (Wildman–Crippen LogP) is -1.33. The molecule has 1 heterocycles. The van der Waals surface area contributed by atoms with E-state index in [0.29, 0.717) is 0 Å². The lowest BCUT2D eigenvalue weighted by atomic mass is 11.5. The smallest absolute Gasteiger partial charge is 0.174 e. The summed E-state index contributed by atoms with van der Waals surface area (Å²) >= 11 is 0. The maximum absolute atomic E-state index is 2.89. The molecule has 1 saturated heterocycles. The van der Waals surface area contributed by atoms with E-state index in [9.17, 15) is 0 Å². The van der Waals surface area contributed by atoms with Gasteiger partial charge in [-0.1, -0.05) is 0 Å². The third kappa shape index (κ3) is 0.161. The zero-order chi connectivity index (χ0) is 2.83. The average Bonchev–Trinajstić information content (AvgIpc) is 0.722. The molecule has 1 aliphatic heterocycles. The minimum Gasteiger partial charge on any atom is -0.280 e. The Morgan fingerprint density at radius 2 is 2.00 bits per heavy atom. The lowest BCUT2D eigenvalue weighted by Crippen LogP contribution is -2.52. The van der Waals surface area contributed by atoms with E-state index < -0.39 is 0 Å². The van der Waals surface area contributed by atoms with Crippen LogP contribution < -0.4 is 10.5 Å². The van der Waals surface area contributed by atoms with Crippen LogP contribution in [0.1, 0.15) is 0 Å². The fourth-order valence-electron chi connectivity index (χ4n) is 0.0884. The number of rotatable bonds is 0. The van der Waals surface area contributed by atoms with Gasteiger partial charge in [0.2, 0.25) is 0 Å².